The zero-order valence-electron chi connectivity index (χ0n) is 12.8. The molecule has 122 valence electrons. The molecule has 1 heterocycles. The van der Waals surface area contributed by atoms with Crippen LogP contribution < -0.4 is 9.64 Å². The fourth-order valence-electron chi connectivity index (χ4n) is 2.49. The van der Waals surface area contributed by atoms with Gasteiger partial charge in [0, 0.05) is 0 Å². The molecule has 0 unspecified atom stereocenters. The highest BCUT2D eigenvalue weighted by molar-refractivity contribution is 6.60. The predicted octanol–water partition coefficient (Wildman–Crippen LogP) is 4.26. The molecule has 2 aromatic carbocycles. The van der Waals surface area contributed by atoms with Gasteiger partial charge in [0.05, 0.1) is 22.9 Å². The highest BCUT2D eigenvalue weighted by Gasteiger charge is 2.39. The largest absolute Gasteiger partial charge is 0.494 e. The number of halogens is 2. The first-order valence-corrected chi connectivity index (χ1v) is 8.06. The summed E-state index contributed by atoms with van der Waals surface area (Å²) in [6.07, 6.45) is 0. The van der Waals surface area contributed by atoms with Gasteiger partial charge in [-0.3, -0.25) is 9.59 Å². The Hall–Kier alpha value is -2.30. The monoisotopic (exact) mass is 361 g/mol. The Morgan fingerprint density at radius 2 is 1.62 bits per heavy atom. The van der Waals surface area contributed by atoms with E-state index in [4.69, 9.17) is 27.9 Å². The predicted molar refractivity (Wildman–Crippen MR) is 94.3 cm³/mol. The lowest BCUT2D eigenvalue weighted by Crippen LogP contribution is -2.31. The van der Waals surface area contributed by atoms with Crippen LogP contribution in [-0.4, -0.2) is 18.4 Å². The number of ether oxygens (including phenoxy) is 1. The van der Waals surface area contributed by atoms with E-state index in [0.717, 1.165) is 4.90 Å². The number of imide groups is 1. The second-order valence-corrected chi connectivity index (χ2v) is 5.83. The van der Waals surface area contributed by atoms with Gasteiger partial charge in [-0.05, 0) is 36.8 Å². The van der Waals surface area contributed by atoms with Crippen molar-refractivity contribution in [3.8, 4) is 5.75 Å². The number of para-hydroxylation sites is 1. The van der Waals surface area contributed by atoms with E-state index in [9.17, 15) is 9.59 Å². The number of rotatable bonds is 4. The normalized spacial score (nSPS) is 14.5. The molecule has 24 heavy (non-hydrogen) atoms. The third-order valence-corrected chi connectivity index (χ3v) is 4.24. The van der Waals surface area contributed by atoms with E-state index in [-0.39, 0.29) is 10.6 Å². The van der Waals surface area contributed by atoms with Gasteiger partial charge in [-0.25, -0.2) is 4.90 Å². The molecule has 0 aliphatic carbocycles. The maximum atomic E-state index is 12.8. The fraction of sp³-hybridized carbons (Fsp3) is 0.111. The summed E-state index contributed by atoms with van der Waals surface area (Å²) in [5.74, 6) is -0.404. The quantitative estimate of drug-likeness (QED) is 0.764. The number of carbonyl (C=O) groups excluding carboxylic acids is 2. The van der Waals surface area contributed by atoms with Crippen LogP contribution in [0.15, 0.2) is 53.6 Å². The van der Waals surface area contributed by atoms with Crippen LogP contribution in [0.5, 0.6) is 5.75 Å². The highest BCUT2D eigenvalue weighted by Crippen LogP contribution is 2.37. The van der Waals surface area contributed by atoms with Gasteiger partial charge < -0.3 is 4.74 Å². The molecule has 0 N–H and O–H groups in total. The Labute approximate surface area is 149 Å². The molecule has 0 atom stereocenters. The van der Waals surface area contributed by atoms with E-state index in [1.807, 2.05) is 6.92 Å². The minimum atomic E-state index is -0.585. The molecule has 0 radical (unpaired) electrons. The Morgan fingerprint density at radius 3 is 2.25 bits per heavy atom. The standard InChI is InChI=1S/C18H13Cl2NO3/c1-2-24-12-9-7-11(8-10-12)15-16(20)18(23)21(17(15)22)14-6-4-3-5-13(14)19/h3-10H,2H2,1H3. The molecule has 0 spiro atoms. The number of carbonyl (C=O) groups is 2. The minimum absolute atomic E-state index is 0.121. The van der Waals surface area contributed by atoms with Crippen molar-refractivity contribution in [1.82, 2.24) is 0 Å². The summed E-state index contributed by atoms with van der Waals surface area (Å²) in [6, 6.07) is 13.5. The second kappa shape index (κ2) is 6.67. The molecule has 2 amide bonds. The summed E-state index contributed by atoms with van der Waals surface area (Å²) < 4.78 is 5.38. The summed E-state index contributed by atoms with van der Waals surface area (Å²) in [4.78, 5) is 26.2. The minimum Gasteiger partial charge on any atom is -0.494 e. The number of hydrogen-bond acceptors (Lipinski definition) is 3. The number of nitrogens with zero attached hydrogens (tertiary/aromatic N) is 1. The van der Waals surface area contributed by atoms with Crippen molar-refractivity contribution >= 4 is 46.3 Å². The topological polar surface area (TPSA) is 46.6 Å². The van der Waals surface area contributed by atoms with Crippen molar-refractivity contribution in [1.29, 1.82) is 0 Å². The van der Waals surface area contributed by atoms with E-state index < -0.39 is 11.8 Å². The summed E-state index contributed by atoms with van der Waals surface area (Å²) in [5, 5.41) is 0.181. The maximum Gasteiger partial charge on any atom is 0.277 e. The maximum absolute atomic E-state index is 12.8. The molecule has 1 aliphatic heterocycles. The van der Waals surface area contributed by atoms with Crippen molar-refractivity contribution in [3.05, 3.63) is 64.1 Å². The number of benzene rings is 2. The molecular formula is C18H13Cl2NO3. The van der Waals surface area contributed by atoms with Crippen molar-refractivity contribution in [2.45, 2.75) is 6.92 Å². The first kappa shape index (κ1) is 16.6. The Kier molecular flexibility index (Phi) is 4.60. The summed E-state index contributed by atoms with van der Waals surface area (Å²) in [6.45, 7) is 2.43. The Balaban J connectivity index is 1.99. The zero-order valence-corrected chi connectivity index (χ0v) is 14.3. The van der Waals surface area contributed by atoms with Gasteiger partial charge in [0.25, 0.3) is 11.8 Å². The zero-order chi connectivity index (χ0) is 17.3. The van der Waals surface area contributed by atoms with E-state index in [0.29, 0.717) is 28.6 Å². The second-order valence-electron chi connectivity index (χ2n) is 5.04. The van der Waals surface area contributed by atoms with E-state index in [2.05, 4.69) is 0 Å². The molecule has 0 fully saturated rings. The van der Waals surface area contributed by atoms with Crippen LogP contribution in [0.4, 0.5) is 5.69 Å². The van der Waals surface area contributed by atoms with Gasteiger partial charge in [0.15, 0.2) is 0 Å². The van der Waals surface area contributed by atoms with Crippen molar-refractivity contribution < 1.29 is 14.3 Å². The van der Waals surface area contributed by atoms with Gasteiger partial charge >= 0.3 is 0 Å². The van der Waals surface area contributed by atoms with Gasteiger partial charge in [0.2, 0.25) is 0 Å². The molecular weight excluding hydrogens is 349 g/mol. The average Bonchev–Trinajstić information content (AvgIpc) is 2.79. The molecule has 0 saturated carbocycles. The molecule has 4 nitrogen and oxygen atoms in total. The smallest absolute Gasteiger partial charge is 0.277 e. The lowest BCUT2D eigenvalue weighted by Gasteiger charge is -2.16. The molecule has 0 bridgehead atoms. The van der Waals surface area contributed by atoms with Crippen molar-refractivity contribution in [3.63, 3.8) is 0 Å². The van der Waals surface area contributed by atoms with Crippen LogP contribution in [0.2, 0.25) is 5.02 Å². The first-order valence-electron chi connectivity index (χ1n) is 7.31. The summed E-state index contributed by atoms with van der Waals surface area (Å²) >= 11 is 12.3. The van der Waals surface area contributed by atoms with Crippen molar-refractivity contribution in [2.24, 2.45) is 0 Å². The third-order valence-electron chi connectivity index (χ3n) is 3.57. The van der Waals surface area contributed by atoms with Crippen LogP contribution in [0, 0.1) is 0 Å². The number of amides is 2. The van der Waals surface area contributed by atoms with Crippen LogP contribution in [0.3, 0.4) is 0 Å². The molecule has 2 aromatic rings. The number of hydrogen-bond donors (Lipinski definition) is 0. The molecule has 1 aliphatic rings. The lowest BCUT2D eigenvalue weighted by atomic mass is 10.1. The van der Waals surface area contributed by atoms with Crippen LogP contribution in [0.1, 0.15) is 12.5 Å². The Morgan fingerprint density at radius 1 is 0.958 bits per heavy atom. The third kappa shape index (κ3) is 2.79. The van der Waals surface area contributed by atoms with Gasteiger partial charge in [0.1, 0.15) is 10.8 Å². The molecule has 3 rings (SSSR count). The SMILES string of the molecule is CCOc1ccc(C2=C(Cl)C(=O)N(c3ccccc3Cl)C2=O)cc1. The van der Waals surface area contributed by atoms with Crippen LogP contribution >= 0.6 is 23.2 Å². The molecule has 6 heteroatoms. The van der Waals surface area contributed by atoms with Gasteiger partial charge in [-0.2, -0.15) is 0 Å². The van der Waals surface area contributed by atoms with E-state index in [1.54, 1.807) is 48.5 Å². The summed E-state index contributed by atoms with van der Waals surface area (Å²) in [5.41, 5.74) is 1.02. The molecule has 0 saturated heterocycles. The first-order chi connectivity index (χ1) is 11.5. The van der Waals surface area contributed by atoms with E-state index >= 15 is 0 Å². The van der Waals surface area contributed by atoms with Gasteiger partial charge in [-0.1, -0.05) is 47.5 Å². The Bertz CT molecular complexity index is 844. The van der Waals surface area contributed by atoms with Crippen LogP contribution in [0.25, 0.3) is 5.57 Å². The fourth-order valence-corrected chi connectivity index (χ4v) is 2.98. The number of anilines is 1. The lowest BCUT2D eigenvalue weighted by molar-refractivity contribution is -0.119. The molecule has 0 aromatic heterocycles. The van der Waals surface area contributed by atoms with E-state index in [1.165, 1.54) is 0 Å². The average molecular weight is 362 g/mol. The van der Waals surface area contributed by atoms with Gasteiger partial charge in [-0.15, -0.1) is 0 Å². The highest BCUT2D eigenvalue weighted by atomic mass is 35.5. The summed E-state index contributed by atoms with van der Waals surface area (Å²) in [7, 11) is 0. The van der Waals surface area contributed by atoms with Crippen LogP contribution in [-0.2, 0) is 9.59 Å². The van der Waals surface area contributed by atoms with Crippen molar-refractivity contribution in [2.75, 3.05) is 11.5 Å².